The van der Waals surface area contributed by atoms with Gasteiger partial charge in [-0.25, -0.2) is 0 Å². The van der Waals surface area contributed by atoms with Crippen LogP contribution in [0.4, 0.5) is 26.3 Å². The maximum Gasteiger partial charge on any atom is 0.507 e. The number of halogens is 6. The van der Waals surface area contributed by atoms with Crippen molar-refractivity contribution in [2.75, 3.05) is 0 Å². The normalized spacial score (nSPS) is 12.5. The van der Waals surface area contributed by atoms with Crippen LogP contribution in [0, 0.1) is 0 Å². The van der Waals surface area contributed by atoms with Gasteiger partial charge in [0.05, 0.1) is 11.3 Å². The van der Waals surface area contributed by atoms with Gasteiger partial charge in [0.25, 0.3) is 5.56 Å². The molecule has 0 fully saturated rings. The van der Waals surface area contributed by atoms with Crippen molar-refractivity contribution in [3.63, 3.8) is 0 Å². The predicted molar refractivity (Wildman–Crippen MR) is 60.2 cm³/mol. The second-order valence-corrected chi connectivity index (χ2v) is 4.01. The van der Waals surface area contributed by atoms with Crippen molar-refractivity contribution in [3.05, 3.63) is 52.3 Å². The molecule has 2 aromatic rings. The van der Waals surface area contributed by atoms with Crippen molar-refractivity contribution in [2.24, 2.45) is 0 Å². The fraction of sp³-hybridized carbons (Fsp3) is 0.167. The maximum absolute atomic E-state index is 12.5. The number of nitrogens with zero attached hydrogens (tertiary/aromatic N) is 2. The van der Waals surface area contributed by atoms with E-state index >= 15 is 0 Å². The molecule has 2 rings (SSSR count). The number of hydrogen-bond donors (Lipinski definition) is 0. The zero-order chi connectivity index (χ0) is 15.8. The van der Waals surface area contributed by atoms with Crippen LogP contribution in [-0.4, -0.2) is 9.78 Å². The van der Waals surface area contributed by atoms with Gasteiger partial charge >= 0.3 is 12.5 Å². The first-order valence-corrected chi connectivity index (χ1v) is 5.44. The molecule has 0 atom stereocenters. The summed E-state index contributed by atoms with van der Waals surface area (Å²) in [6, 6.07) is 5.06. The molecule has 0 radical (unpaired) electrons. The SMILES string of the molecule is O=c1ccc(-c2ccc(C(F)(F)F)cc2)nn1C(F)(F)F. The second kappa shape index (κ2) is 4.90. The van der Waals surface area contributed by atoms with E-state index in [0.29, 0.717) is 6.07 Å². The molecule has 21 heavy (non-hydrogen) atoms. The summed E-state index contributed by atoms with van der Waals surface area (Å²) in [5, 5.41) is 3.10. The van der Waals surface area contributed by atoms with Crippen molar-refractivity contribution in [1.29, 1.82) is 0 Å². The Balaban J connectivity index is 2.46. The minimum absolute atomic E-state index is 0.0287. The molecule has 0 aliphatic heterocycles. The van der Waals surface area contributed by atoms with E-state index in [0.717, 1.165) is 30.3 Å². The Morgan fingerprint density at radius 2 is 1.43 bits per heavy atom. The minimum Gasteiger partial charge on any atom is -0.268 e. The van der Waals surface area contributed by atoms with E-state index < -0.39 is 28.3 Å². The van der Waals surface area contributed by atoms with E-state index in [1.807, 2.05) is 0 Å². The quantitative estimate of drug-likeness (QED) is 0.757. The Bertz CT molecular complexity index is 699. The molecule has 0 aliphatic rings. The molecule has 0 aliphatic carbocycles. The Morgan fingerprint density at radius 1 is 0.857 bits per heavy atom. The standard InChI is InChI=1S/C12H6F6N2O/c13-11(14,15)8-3-1-7(2-4-8)9-5-6-10(21)20(19-9)12(16,17)18/h1-6H. The highest BCUT2D eigenvalue weighted by Crippen LogP contribution is 2.30. The van der Waals surface area contributed by atoms with E-state index in [1.54, 1.807) is 0 Å². The van der Waals surface area contributed by atoms with E-state index in [9.17, 15) is 31.1 Å². The monoisotopic (exact) mass is 308 g/mol. The molecule has 112 valence electrons. The first-order chi connectivity index (χ1) is 9.59. The van der Waals surface area contributed by atoms with Crippen molar-refractivity contribution in [1.82, 2.24) is 9.78 Å². The third-order valence-electron chi connectivity index (χ3n) is 2.55. The summed E-state index contributed by atoms with van der Waals surface area (Å²) in [4.78, 5) is 11.1. The molecule has 9 heteroatoms. The molecule has 0 saturated carbocycles. The van der Waals surface area contributed by atoms with Gasteiger partial charge in [-0.1, -0.05) is 12.1 Å². The van der Waals surface area contributed by atoms with Crippen LogP contribution >= 0.6 is 0 Å². The second-order valence-electron chi connectivity index (χ2n) is 4.01. The van der Waals surface area contributed by atoms with Gasteiger partial charge in [-0.2, -0.15) is 18.3 Å². The molecular weight excluding hydrogens is 302 g/mol. The largest absolute Gasteiger partial charge is 0.507 e. The zero-order valence-corrected chi connectivity index (χ0v) is 10.0. The summed E-state index contributed by atoms with van der Waals surface area (Å²) < 4.78 is 74.0. The van der Waals surface area contributed by atoms with Gasteiger partial charge < -0.3 is 0 Å². The lowest BCUT2D eigenvalue weighted by atomic mass is 10.1. The van der Waals surface area contributed by atoms with E-state index in [4.69, 9.17) is 0 Å². The van der Waals surface area contributed by atoms with Crippen LogP contribution in [0.25, 0.3) is 11.3 Å². The summed E-state index contributed by atoms with van der Waals surface area (Å²) in [5.74, 6) is 0. The average Bonchev–Trinajstić information content (AvgIpc) is 2.37. The number of benzene rings is 1. The lowest BCUT2D eigenvalue weighted by molar-refractivity contribution is -0.215. The van der Waals surface area contributed by atoms with Crippen LogP contribution in [0.1, 0.15) is 5.56 Å². The van der Waals surface area contributed by atoms with Gasteiger partial charge in [-0.15, -0.1) is 17.9 Å². The van der Waals surface area contributed by atoms with E-state index in [-0.39, 0.29) is 11.3 Å². The van der Waals surface area contributed by atoms with Gasteiger partial charge in [0.15, 0.2) is 0 Å². The third kappa shape index (κ3) is 3.23. The highest BCUT2D eigenvalue weighted by atomic mass is 19.4. The Kier molecular flexibility index (Phi) is 3.52. The first-order valence-electron chi connectivity index (χ1n) is 5.44. The lowest BCUT2D eigenvalue weighted by Gasteiger charge is -2.10. The smallest absolute Gasteiger partial charge is 0.268 e. The van der Waals surface area contributed by atoms with E-state index in [1.165, 1.54) is 0 Å². The summed E-state index contributed by atoms with van der Waals surface area (Å²) in [6.45, 7) is 0. The van der Waals surface area contributed by atoms with Crippen LogP contribution in [0.15, 0.2) is 41.2 Å². The van der Waals surface area contributed by atoms with Crippen LogP contribution in [-0.2, 0) is 12.5 Å². The van der Waals surface area contributed by atoms with Crippen LogP contribution in [0.5, 0.6) is 0 Å². The van der Waals surface area contributed by atoms with Gasteiger partial charge in [-0.3, -0.25) is 4.79 Å². The molecular formula is C12H6F6N2O. The number of aromatic nitrogens is 2. The molecule has 1 heterocycles. The summed E-state index contributed by atoms with van der Waals surface area (Å²) in [5.41, 5.74) is -2.55. The molecule has 0 spiro atoms. The summed E-state index contributed by atoms with van der Waals surface area (Å²) in [7, 11) is 0. The number of alkyl halides is 6. The van der Waals surface area contributed by atoms with Crippen molar-refractivity contribution >= 4 is 0 Å². The molecule has 0 bridgehead atoms. The summed E-state index contributed by atoms with van der Waals surface area (Å²) >= 11 is 0. The highest BCUT2D eigenvalue weighted by molar-refractivity contribution is 5.58. The molecule has 0 saturated heterocycles. The van der Waals surface area contributed by atoms with Gasteiger partial charge in [0.2, 0.25) is 0 Å². The van der Waals surface area contributed by atoms with Crippen molar-refractivity contribution in [2.45, 2.75) is 12.5 Å². The Labute approximate surface area is 113 Å². The molecule has 0 N–H and O–H groups in total. The molecule has 1 aromatic carbocycles. The lowest BCUT2D eigenvalue weighted by Crippen LogP contribution is -2.32. The molecule has 3 nitrogen and oxygen atoms in total. The predicted octanol–water partition coefficient (Wildman–Crippen LogP) is 3.41. The van der Waals surface area contributed by atoms with Gasteiger partial charge in [0.1, 0.15) is 0 Å². The minimum atomic E-state index is -5.00. The Morgan fingerprint density at radius 3 is 1.90 bits per heavy atom. The molecule has 0 unspecified atom stereocenters. The number of hydrogen-bond acceptors (Lipinski definition) is 2. The Hall–Kier alpha value is -2.32. The van der Waals surface area contributed by atoms with Crippen LogP contribution in [0.3, 0.4) is 0 Å². The van der Waals surface area contributed by atoms with Gasteiger partial charge in [-0.05, 0) is 18.2 Å². The highest BCUT2D eigenvalue weighted by Gasteiger charge is 2.34. The number of rotatable bonds is 1. The molecule has 0 amide bonds. The molecule has 1 aromatic heterocycles. The summed E-state index contributed by atoms with van der Waals surface area (Å²) in [6.07, 6.45) is -9.55. The van der Waals surface area contributed by atoms with Crippen LogP contribution < -0.4 is 5.56 Å². The maximum atomic E-state index is 12.5. The van der Waals surface area contributed by atoms with Crippen molar-refractivity contribution in [3.8, 4) is 11.3 Å². The zero-order valence-electron chi connectivity index (χ0n) is 10.0. The van der Waals surface area contributed by atoms with E-state index in [2.05, 4.69) is 5.10 Å². The third-order valence-corrected chi connectivity index (χ3v) is 2.55. The van der Waals surface area contributed by atoms with Gasteiger partial charge in [0, 0.05) is 11.6 Å². The average molecular weight is 308 g/mol. The van der Waals surface area contributed by atoms with Crippen molar-refractivity contribution < 1.29 is 26.3 Å². The fourth-order valence-corrected chi connectivity index (χ4v) is 1.58. The topological polar surface area (TPSA) is 34.9 Å². The fourth-order valence-electron chi connectivity index (χ4n) is 1.58. The first kappa shape index (κ1) is 15.1. The van der Waals surface area contributed by atoms with Crippen LogP contribution in [0.2, 0.25) is 0 Å².